The number of benzene rings is 2. The Morgan fingerprint density at radius 1 is 1.00 bits per heavy atom. The van der Waals surface area contributed by atoms with E-state index in [9.17, 15) is 24.0 Å². The van der Waals surface area contributed by atoms with Gasteiger partial charge in [-0.1, -0.05) is 60.7 Å². The fraction of sp³-hybridized carbons (Fsp3) is 0.414. The fourth-order valence-corrected chi connectivity index (χ4v) is 4.52. The monoisotopic (exact) mass is 520 g/mol. The summed E-state index contributed by atoms with van der Waals surface area (Å²) >= 11 is 0. The molecule has 38 heavy (non-hydrogen) atoms. The van der Waals surface area contributed by atoms with Gasteiger partial charge in [0.05, 0.1) is 6.04 Å². The lowest BCUT2D eigenvalue weighted by Gasteiger charge is -2.30. The molecule has 2 aromatic carbocycles. The Morgan fingerprint density at radius 3 is 2.24 bits per heavy atom. The van der Waals surface area contributed by atoms with Crippen molar-refractivity contribution in [3.05, 3.63) is 71.8 Å². The van der Waals surface area contributed by atoms with Gasteiger partial charge in [-0.25, -0.2) is 0 Å². The molecular weight excluding hydrogens is 484 g/mol. The highest BCUT2D eigenvalue weighted by molar-refractivity contribution is 5.93. The van der Waals surface area contributed by atoms with Crippen LogP contribution in [-0.4, -0.2) is 77.4 Å². The number of carbonyl (C=O) groups excluding carboxylic acids is 5. The smallest absolute Gasteiger partial charge is 0.247 e. The highest BCUT2D eigenvalue weighted by atomic mass is 16.2. The summed E-state index contributed by atoms with van der Waals surface area (Å²) in [5, 5.41) is 5.45. The second-order valence-electron chi connectivity index (χ2n) is 9.69. The molecule has 202 valence electrons. The summed E-state index contributed by atoms with van der Waals surface area (Å²) < 4.78 is 0. The molecule has 0 saturated carbocycles. The number of hydrogen-bond donors (Lipinski definition) is 2. The van der Waals surface area contributed by atoms with Crippen molar-refractivity contribution in [3.63, 3.8) is 0 Å². The first kappa shape index (κ1) is 28.7. The number of Topliss-reactive ketones (excluding diaryl/α,β-unsaturated/α-hetero) is 1. The van der Waals surface area contributed by atoms with Crippen LogP contribution in [0.2, 0.25) is 0 Å². The minimum atomic E-state index is -0.951. The molecular formula is C29H36N4O5. The highest BCUT2D eigenvalue weighted by Crippen LogP contribution is 2.14. The fourth-order valence-electron chi connectivity index (χ4n) is 4.52. The van der Waals surface area contributed by atoms with Gasteiger partial charge in [0.1, 0.15) is 24.2 Å². The minimum Gasteiger partial charge on any atom is -0.344 e. The van der Waals surface area contributed by atoms with Crippen molar-refractivity contribution in [1.82, 2.24) is 20.4 Å². The predicted octanol–water partition coefficient (Wildman–Crippen LogP) is 1.50. The van der Waals surface area contributed by atoms with Crippen molar-refractivity contribution in [2.24, 2.45) is 0 Å². The maximum Gasteiger partial charge on any atom is 0.247 e. The van der Waals surface area contributed by atoms with E-state index in [0.717, 1.165) is 11.1 Å². The Balaban J connectivity index is 1.73. The van der Waals surface area contributed by atoms with Crippen molar-refractivity contribution in [2.75, 3.05) is 19.6 Å². The third kappa shape index (κ3) is 8.62. The van der Waals surface area contributed by atoms with Crippen LogP contribution in [0.5, 0.6) is 0 Å². The standard InChI is InChI=1S/C29H36N4O5/c1-21(35)17-25(20-34)30-28(37)22(2)33-16-15-32(18-24-11-7-4-8-12-24)19-26(29(33)38)31-27(36)14-13-23-9-5-3-6-10-23/h3-12,20,22,25-26H,13-19H2,1-2H3,(H,30,37)(H,31,36)/t22?,25-,26-/m0/s1. The molecule has 3 atom stereocenters. The van der Waals surface area contributed by atoms with Gasteiger partial charge in [-0.2, -0.15) is 0 Å². The first-order valence-electron chi connectivity index (χ1n) is 12.9. The van der Waals surface area contributed by atoms with Gasteiger partial charge >= 0.3 is 0 Å². The Bertz CT molecular complexity index is 1110. The molecule has 1 aliphatic heterocycles. The van der Waals surface area contributed by atoms with Gasteiger partial charge in [0.25, 0.3) is 0 Å². The van der Waals surface area contributed by atoms with E-state index < -0.39 is 24.0 Å². The zero-order valence-corrected chi connectivity index (χ0v) is 22.0. The zero-order valence-electron chi connectivity index (χ0n) is 22.0. The second kappa shape index (κ2) is 14.2. The Kier molecular flexibility index (Phi) is 10.7. The quantitative estimate of drug-likeness (QED) is 0.410. The van der Waals surface area contributed by atoms with Crippen LogP contribution in [0.25, 0.3) is 0 Å². The van der Waals surface area contributed by atoms with Crippen LogP contribution >= 0.6 is 0 Å². The van der Waals surface area contributed by atoms with Gasteiger partial charge in [0.2, 0.25) is 17.7 Å². The van der Waals surface area contributed by atoms with E-state index in [0.29, 0.717) is 32.3 Å². The predicted molar refractivity (Wildman–Crippen MR) is 143 cm³/mol. The van der Waals surface area contributed by atoms with Gasteiger partial charge in [-0.05, 0) is 31.4 Å². The van der Waals surface area contributed by atoms with Crippen LogP contribution in [-0.2, 0) is 36.9 Å². The van der Waals surface area contributed by atoms with Crippen molar-refractivity contribution in [3.8, 4) is 0 Å². The largest absolute Gasteiger partial charge is 0.344 e. The summed E-state index contributed by atoms with van der Waals surface area (Å²) in [6, 6.07) is 16.8. The molecule has 1 aliphatic rings. The number of aldehydes is 1. The minimum absolute atomic E-state index is 0.110. The van der Waals surface area contributed by atoms with E-state index in [1.807, 2.05) is 60.7 Å². The zero-order chi connectivity index (χ0) is 27.5. The molecule has 9 nitrogen and oxygen atoms in total. The summed E-state index contributed by atoms with van der Waals surface area (Å²) in [6.45, 7) is 4.59. The van der Waals surface area contributed by atoms with Crippen molar-refractivity contribution in [1.29, 1.82) is 0 Å². The van der Waals surface area contributed by atoms with Crippen LogP contribution in [0.1, 0.15) is 37.8 Å². The number of ketones is 1. The molecule has 1 fully saturated rings. The molecule has 0 aliphatic carbocycles. The normalized spacial score (nSPS) is 17.7. The average molecular weight is 521 g/mol. The summed E-state index contributed by atoms with van der Waals surface area (Å²) in [5.41, 5.74) is 2.11. The summed E-state index contributed by atoms with van der Waals surface area (Å²) in [4.78, 5) is 65.7. The topological polar surface area (TPSA) is 116 Å². The SMILES string of the molecule is CC(=O)C[C@@H](C=O)NC(=O)C(C)N1CCN(Cc2ccccc2)C[C@H](NC(=O)CCc2ccccc2)C1=O. The highest BCUT2D eigenvalue weighted by Gasteiger charge is 2.36. The second-order valence-corrected chi connectivity index (χ2v) is 9.69. The third-order valence-electron chi connectivity index (χ3n) is 6.59. The lowest BCUT2D eigenvalue weighted by atomic mass is 10.1. The van der Waals surface area contributed by atoms with Gasteiger partial charge in [-0.3, -0.25) is 24.1 Å². The first-order chi connectivity index (χ1) is 18.3. The maximum absolute atomic E-state index is 13.6. The van der Waals surface area contributed by atoms with Gasteiger partial charge in [0.15, 0.2) is 0 Å². The van der Waals surface area contributed by atoms with E-state index in [1.165, 1.54) is 11.8 Å². The molecule has 9 heteroatoms. The summed E-state index contributed by atoms with van der Waals surface area (Å²) in [5.74, 6) is -1.35. The maximum atomic E-state index is 13.6. The van der Waals surface area contributed by atoms with Gasteiger partial charge in [0, 0.05) is 39.0 Å². The van der Waals surface area contributed by atoms with Gasteiger partial charge in [-0.15, -0.1) is 0 Å². The number of amides is 3. The van der Waals surface area contributed by atoms with E-state index in [1.54, 1.807) is 6.92 Å². The molecule has 3 rings (SSSR count). The van der Waals surface area contributed by atoms with E-state index in [-0.39, 0.29) is 37.0 Å². The van der Waals surface area contributed by atoms with Gasteiger partial charge < -0.3 is 20.3 Å². The van der Waals surface area contributed by atoms with Crippen molar-refractivity contribution < 1.29 is 24.0 Å². The summed E-state index contributed by atoms with van der Waals surface area (Å²) in [7, 11) is 0. The van der Waals surface area contributed by atoms with Crippen LogP contribution in [0.3, 0.4) is 0 Å². The number of aryl methyl sites for hydroxylation is 1. The van der Waals surface area contributed by atoms with Crippen LogP contribution in [0.15, 0.2) is 60.7 Å². The number of carbonyl (C=O) groups is 5. The first-order valence-corrected chi connectivity index (χ1v) is 12.9. The number of rotatable bonds is 12. The Morgan fingerprint density at radius 2 is 1.63 bits per heavy atom. The Labute approximate surface area is 223 Å². The lowest BCUT2D eigenvalue weighted by molar-refractivity contribution is -0.142. The number of nitrogens with one attached hydrogen (secondary N) is 2. The van der Waals surface area contributed by atoms with Crippen molar-refractivity contribution in [2.45, 2.75) is 57.8 Å². The lowest BCUT2D eigenvalue weighted by Crippen LogP contribution is -2.56. The average Bonchev–Trinajstić information content (AvgIpc) is 3.05. The van der Waals surface area contributed by atoms with Crippen LogP contribution in [0.4, 0.5) is 0 Å². The molecule has 2 aromatic rings. The molecule has 1 heterocycles. The molecule has 2 N–H and O–H groups in total. The molecule has 0 aromatic heterocycles. The number of nitrogens with zero attached hydrogens (tertiary/aromatic N) is 2. The van der Waals surface area contributed by atoms with Crippen molar-refractivity contribution >= 4 is 29.8 Å². The molecule has 3 amide bonds. The Hall–Kier alpha value is -3.85. The molecule has 1 saturated heterocycles. The third-order valence-corrected chi connectivity index (χ3v) is 6.59. The number of hydrogen-bond acceptors (Lipinski definition) is 6. The van der Waals surface area contributed by atoms with Crippen LogP contribution < -0.4 is 10.6 Å². The molecule has 0 bridgehead atoms. The van der Waals surface area contributed by atoms with Crippen LogP contribution in [0, 0.1) is 0 Å². The van der Waals surface area contributed by atoms with E-state index in [4.69, 9.17) is 0 Å². The van der Waals surface area contributed by atoms with E-state index >= 15 is 0 Å². The molecule has 0 radical (unpaired) electrons. The molecule has 1 unspecified atom stereocenters. The van der Waals surface area contributed by atoms with E-state index in [2.05, 4.69) is 15.5 Å². The molecule has 0 spiro atoms. The summed E-state index contributed by atoms with van der Waals surface area (Å²) in [6.07, 6.45) is 1.19.